The molecule has 0 spiro atoms. The molecule has 0 bridgehead atoms. The number of hydrogen-bond acceptors (Lipinski definition) is 4. The maximum absolute atomic E-state index is 4.88. The van der Waals surface area contributed by atoms with Gasteiger partial charge in [0.05, 0.1) is 6.04 Å². The zero-order valence-corrected chi connectivity index (χ0v) is 11.7. The molecule has 5 heteroatoms. The minimum absolute atomic E-state index is 0.395. The lowest BCUT2D eigenvalue weighted by atomic mass is 10.1. The Hall–Kier alpha value is -1.46. The van der Waals surface area contributed by atoms with Gasteiger partial charge in [-0.25, -0.2) is 9.97 Å². The van der Waals surface area contributed by atoms with Crippen LogP contribution in [0.3, 0.4) is 0 Å². The molecule has 2 aromatic heterocycles. The van der Waals surface area contributed by atoms with Gasteiger partial charge in [0, 0.05) is 18.8 Å². The Morgan fingerprint density at radius 3 is 2.95 bits per heavy atom. The van der Waals surface area contributed by atoms with Crippen LogP contribution < -0.4 is 10.6 Å². The Morgan fingerprint density at radius 1 is 1.20 bits per heavy atom. The molecule has 0 amide bonds. The van der Waals surface area contributed by atoms with Crippen LogP contribution in [0.1, 0.15) is 43.6 Å². The maximum atomic E-state index is 4.88. The Balaban J connectivity index is 1.83. The molecule has 4 heterocycles. The number of rotatable bonds is 2. The SMILES string of the molecule is c1cnc2c(c1)nc(C1CCCN1)n2C1CCCNC1. The highest BCUT2D eigenvalue weighted by atomic mass is 15.2. The summed E-state index contributed by atoms with van der Waals surface area (Å²) in [7, 11) is 0. The molecular formula is C15H21N5. The molecule has 2 saturated heterocycles. The van der Waals surface area contributed by atoms with Crippen molar-refractivity contribution in [1.82, 2.24) is 25.2 Å². The normalized spacial score (nSPS) is 27.2. The fourth-order valence-electron chi connectivity index (χ4n) is 3.51. The van der Waals surface area contributed by atoms with E-state index in [9.17, 15) is 0 Å². The fourth-order valence-corrected chi connectivity index (χ4v) is 3.51. The van der Waals surface area contributed by atoms with E-state index in [-0.39, 0.29) is 0 Å². The van der Waals surface area contributed by atoms with Gasteiger partial charge in [-0.3, -0.25) is 0 Å². The molecule has 2 aliphatic rings. The lowest BCUT2D eigenvalue weighted by molar-refractivity contribution is 0.360. The second-order valence-electron chi connectivity index (χ2n) is 5.84. The number of imidazole rings is 1. The largest absolute Gasteiger partial charge is 0.315 e. The lowest BCUT2D eigenvalue weighted by Crippen LogP contribution is -2.33. The molecule has 0 aromatic carbocycles. The minimum Gasteiger partial charge on any atom is -0.315 e. The van der Waals surface area contributed by atoms with Gasteiger partial charge >= 0.3 is 0 Å². The summed E-state index contributed by atoms with van der Waals surface area (Å²) in [5, 5.41) is 7.09. The number of pyridine rings is 1. The van der Waals surface area contributed by atoms with Gasteiger partial charge in [-0.1, -0.05) is 0 Å². The van der Waals surface area contributed by atoms with Gasteiger partial charge in [-0.2, -0.15) is 0 Å². The first-order valence-electron chi connectivity index (χ1n) is 7.70. The van der Waals surface area contributed by atoms with E-state index in [1.807, 2.05) is 12.3 Å². The summed E-state index contributed by atoms with van der Waals surface area (Å²) in [5.74, 6) is 1.19. The third kappa shape index (κ3) is 2.01. The first kappa shape index (κ1) is 12.3. The molecule has 2 aliphatic heterocycles. The Morgan fingerprint density at radius 2 is 2.15 bits per heavy atom. The molecule has 5 nitrogen and oxygen atoms in total. The molecule has 2 N–H and O–H groups in total. The number of hydrogen-bond donors (Lipinski definition) is 2. The summed E-state index contributed by atoms with van der Waals surface area (Å²) in [6.07, 6.45) is 6.75. The zero-order chi connectivity index (χ0) is 13.4. The number of fused-ring (bicyclic) bond motifs is 1. The molecule has 2 atom stereocenters. The number of aromatic nitrogens is 3. The van der Waals surface area contributed by atoms with Crippen molar-refractivity contribution in [2.24, 2.45) is 0 Å². The van der Waals surface area contributed by atoms with E-state index < -0.39 is 0 Å². The molecule has 2 fully saturated rings. The third-order valence-electron chi connectivity index (χ3n) is 4.48. The van der Waals surface area contributed by atoms with Crippen molar-refractivity contribution in [3.05, 3.63) is 24.2 Å². The number of nitrogens with one attached hydrogen (secondary N) is 2. The van der Waals surface area contributed by atoms with Crippen LogP contribution in [-0.4, -0.2) is 34.2 Å². The van der Waals surface area contributed by atoms with Gasteiger partial charge in [-0.05, 0) is 50.9 Å². The molecular weight excluding hydrogens is 250 g/mol. The highest BCUT2D eigenvalue weighted by Crippen LogP contribution is 2.30. The van der Waals surface area contributed by atoms with E-state index in [4.69, 9.17) is 4.98 Å². The monoisotopic (exact) mass is 271 g/mol. The van der Waals surface area contributed by atoms with Crippen LogP contribution in [0.15, 0.2) is 18.3 Å². The van der Waals surface area contributed by atoms with Gasteiger partial charge < -0.3 is 15.2 Å². The van der Waals surface area contributed by atoms with Gasteiger partial charge in [-0.15, -0.1) is 0 Å². The average molecular weight is 271 g/mol. The van der Waals surface area contributed by atoms with E-state index in [1.54, 1.807) is 0 Å². The molecule has 0 aliphatic carbocycles. The Labute approximate surface area is 118 Å². The van der Waals surface area contributed by atoms with E-state index in [2.05, 4.69) is 26.3 Å². The number of piperidine rings is 1. The van der Waals surface area contributed by atoms with Gasteiger partial charge in [0.15, 0.2) is 5.65 Å². The number of nitrogens with zero attached hydrogens (tertiary/aromatic N) is 3. The second-order valence-corrected chi connectivity index (χ2v) is 5.84. The summed E-state index contributed by atoms with van der Waals surface area (Å²) >= 11 is 0. The van der Waals surface area contributed by atoms with Crippen LogP contribution in [0.2, 0.25) is 0 Å². The van der Waals surface area contributed by atoms with Crippen molar-refractivity contribution in [2.75, 3.05) is 19.6 Å². The van der Waals surface area contributed by atoms with Crippen molar-refractivity contribution in [3.63, 3.8) is 0 Å². The maximum Gasteiger partial charge on any atom is 0.160 e. The molecule has 2 unspecified atom stereocenters. The van der Waals surface area contributed by atoms with Crippen molar-refractivity contribution in [3.8, 4) is 0 Å². The molecule has 106 valence electrons. The summed E-state index contributed by atoms with van der Waals surface area (Å²) in [6, 6.07) is 4.94. The van der Waals surface area contributed by atoms with Crippen LogP contribution in [-0.2, 0) is 0 Å². The van der Waals surface area contributed by atoms with Crippen molar-refractivity contribution in [1.29, 1.82) is 0 Å². The van der Waals surface area contributed by atoms with Gasteiger partial charge in [0.25, 0.3) is 0 Å². The lowest BCUT2D eigenvalue weighted by Gasteiger charge is -2.27. The van der Waals surface area contributed by atoms with Crippen LogP contribution in [0.25, 0.3) is 11.2 Å². The standard InChI is InChI=1S/C15H21N5/c1-4-11(10-16-7-1)20-14-13(6-3-9-18-14)19-15(20)12-5-2-8-17-12/h3,6,9,11-12,16-17H,1-2,4-5,7-8,10H2. The van der Waals surface area contributed by atoms with E-state index >= 15 is 0 Å². The van der Waals surface area contributed by atoms with Crippen LogP contribution >= 0.6 is 0 Å². The predicted octanol–water partition coefficient (Wildman–Crippen LogP) is 1.78. The summed E-state index contributed by atoms with van der Waals surface area (Å²) in [6.45, 7) is 3.26. The van der Waals surface area contributed by atoms with Crippen LogP contribution in [0, 0.1) is 0 Å². The third-order valence-corrected chi connectivity index (χ3v) is 4.48. The van der Waals surface area contributed by atoms with Gasteiger partial charge in [0.2, 0.25) is 0 Å². The second kappa shape index (κ2) is 5.14. The fraction of sp³-hybridized carbons (Fsp3) is 0.600. The highest BCUT2D eigenvalue weighted by Gasteiger charge is 2.27. The smallest absolute Gasteiger partial charge is 0.160 e. The first-order valence-corrected chi connectivity index (χ1v) is 7.70. The topological polar surface area (TPSA) is 54.8 Å². The highest BCUT2D eigenvalue weighted by molar-refractivity contribution is 5.71. The summed E-state index contributed by atoms with van der Waals surface area (Å²) in [4.78, 5) is 9.47. The molecule has 0 radical (unpaired) electrons. The Kier molecular flexibility index (Phi) is 3.16. The average Bonchev–Trinajstić information content (AvgIpc) is 3.15. The summed E-state index contributed by atoms with van der Waals surface area (Å²) in [5.41, 5.74) is 2.08. The molecule has 4 rings (SSSR count). The Bertz CT molecular complexity index is 593. The quantitative estimate of drug-likeness (QED) is 0.874. The predicted molar refractivity (Wildman–Crippen MR) is 78.6 cm³/mol. The van der Waals surface area contributed by atoms with E-state index in [1.165, 1.54) is 31.5 Å². The van der Waals surface area contributed by atoms with Crippen molar-refractivity contribution < 1.29 is 0 Å². The van der Waals surface area contributed by atoms with E-state index in [0.29, 0.717) is 12.1 Å². The minimum atomic E-state index is 0.395. The first-order chi connectivity index (χ1) is 9.93. The molecule has 0 saturated carbocycles. The van der Waals surface area contributed by atoms with Crippen molar-refractivity contribution >= 4 is 11.2 Å². The molecule has 2 aromatic rings. The molecule has 20 heavy (non-hydrogen) atoms. The zero-order valence-electron chi connectivity index (χ0n) is 11.7. The van der Waals surface area contributed by atoms with Crippen LogP contribution in [0.4, 0.5) is 0 Å². The summed E-state index contributed by atoms with van der Waals surface area (Å²) < 4.78 is 2.39. The van der Waals surface area contributed by atoms with Gasteiger partial charge in [0.1, 0.15) is 11.3 Å². The van der Waals surface area contributed by atoms with E-state index in [0.717, 1.165) is 30.8 Å². The van der Waals surface area contributed by atoms with Crippen LogP contribution in [0.5, 0.6) is 0 Å². The van der Waals surface area contributed by atoms with Crippen molar-refractivity contribution in [2.45, 2.75) is 37.8 Å².